The second-order valence-corrected chi connectivity index (χ2v) is 8.41. The molecule has 0 saturated heterocycles. The topological polar surface area (TPSA) is 38.9 Å². The van der Waals surface area contributed by atoms with Gasteiger partial charge >= 0.3 is 12.3 Å². The molecule has 0 aliphatic carbocycles. The van der Waals surface area contributed by atoms with Crippen LogP contribution in [0.4, 0.5) is 22.0 Å². The minimum Gasteiger partial charge on any atom is -0.316 e. The minimum atomic E-state index is -4.29. The number of aromatic nitrogens is 1. The number of nitrogens with zero attached hydrogens (tertiary/aromatic N) is 1. The summed E-state index contributed by atoms with van der Waals surface area (Å²) < 4.78 is 67.0. The van der Waals surface area contributed by atoms with E-state index in [1.54, 1.807) is 12.1 Å². The maximum absolute atomic E-state index is 14.4. The van der Waals surface area contributed by atoms with E-state index in [9.17, 15) is 22.0 Å². The Labute approximate surface area is 190 Å². The zero-order chi connectivity index (χ0) is 24.1. The first kappa shape index (κ1) is 26.0. The summed E-state index contributed by atoms with van der Waals surface area (Å²) in [6, 6.07) is 6.29. The highest BCUT2D eigenvalue weighted by atomic mass is 35.5. The summed E-state index contributed by atoms with van der Waals surface area (Å²) in [4.78, 5) is 4.26. The molecule has 1 aromatic heterocycles. The van der Waals surface area contributed by atoms with Gasteiger partial charge in [-0.1, -0.05) is 47.9 Å². The lowest BCUT2D eigenvalue weighted by molar-refractivity contribution is -0.127. The fourth-order valence-electron chi connectivity index (χ4n) is 3.24. The maximum Gasteiger partial charge on any atom is 0.311 e. The van der Waals surface area contributed by atoms with Crippen LogP contribution in [0.1, 0.15) is 50.4 Å². The van der Waals surface area contributed by atoms with Crippen LogP contribution in [0.25, 0.3) is 0 Å². The molecule has 8 heteroatoms. The first-order valence-corrected chi connectivity index (χ1v) is 10.4. The predicted molar refractivity (Wildman–Crippen MR) is 118 cm³/mol. The molecule has 0 saturated carbocycles. The molecule has 174 valence electrons. The van der Waals surface area contributed by atoms with Gasteiger partial charge in [0.2, 0.25) is 0 Å². The third-order valence-electron chi connectivity index (χ3n) is 5.18. The number of alkyl halides is 4. The zero-order valence-electron chi connectivity index (χ0n) is 18.1. The van der Waals surface area contributed by atoms with Gasteiger partial charge in [0.25, 0.3) is 0 Å². The van der Waals surface area contributed by atoms with E-state index in [-0.39, 0.29) is 17.5 Å². The molecule has 0 radical (unpaired) electrons. The van der Waals surface area contributed by atoms with Crippen molar-refractivity contribution < 1.29 is 22.0 Å². The molecule has 1 aromatic carbocycles. The fraction of sp³-hybridized carbons (Fsp3) is 0.375. The molecule has 2 rings (SSSR count). The number of rotatable bonds is 9. The lowest BCUT2D eigenvalue weighted by Gasteiger charge is -2.31. The monoisotopic (exact) mass is 472 g/mol. The first-order valence-electron chi connectivity index (χ1n) is 10.1. The second-order valence-electron chi connectivity index (χ2n) is 7.98. The van der Waals surface area contributed by atoms with E-state index in [1.165, 1.54) is 12.3 Å². The van der Waals surface area contributed by atoms with Crippen molar-refractivity contribution in [2.75, 3.05) is 0 Å². The van der Waals surface area contributed by atoms with Crippen LogP contribution in [0.5, 0.6) is 0 Å². The van der Waals surface area contributed by atoms with Crippen molar-refractivity contribution in [1.29, 1.82) is 0 Å². The van der Waals surface area contributed by atoms with Gasteiger partial charge in [-0.2, -0.15) is 8.78 Å². The maximum atomic E-state index is 14.4. The van der Waals surface area contributed by atoms with Crippen LogP contribution in [0.3, 0.4) is 0 Å². The smallest absolute Gasteiger partial charge is 0.311 e. The third kappa shape index (κ3) is 6.62. The number of hydrogen-bond donors (Lipinski definition) is 1. The molecule has 2 aromatic rings. The van der Waals surface area contributed by atoms with E-state index in [0.29, 0.717) is 10.7 Å². The van der Waals surface area contributed by atoms with Gasteiger partial charge in [0.15, 0.2) is 0 Å². The van der Waals surface area contributed by atoms with Gasteiger partial charge in [-0.25, -0.2) is 13.2 Å². The Hall–Kier alpha value is -2.25. The summed E-state index contributed by atoms with van der Waals surface area (Å²) in [5.74, 6) is -5.14. The Morgan fingerprint density at radius 3 is 2.34 bits per heavy atom. The molecule has 0 amide bonds. The van der Waals surface area contributed by atoms with E-state index in [2.05, 4.69) is 4.98 Å². The summed E-state index contributed by atoms with van der Waals surface area (Å²) in [5.41, 5.74) is 7.49. The average molecular weight is 473 g/mol. The van der Waals surface area contributed by atoms with Crippen molar-refractivity contribution in [3.05, 3.63) is 87.5 Å². The van der Waals surface area contributed by atoms with Crippen LogP contribution >= 0.6 is 11.6 Å². The van der Waals surface area contributed by atoms with Crippen LogP contribution in [0.2, 0.25) is 5.02 Å². The van der Waals surface area contributed by atoms with E-state index >= 15 is 0 Å². The molecule has 1 heterocycles. The van der Waals surface area contributed by atoms with E-state index in [4.69, 9.17) is 17.3 Å². The molecule has 2 N–H and O–H groups in total. The molecule has 0 bridgehead atoms. The summed E-state index contributed by atoms with van der Waals surface area (Å²) in [7, 11) is 0. The van der Waals surface area contributed by atoms with Crippen LogP contribution in [0, 0.1) is 5.82 Å². The molecule has 32 heavy (non-hydrogen) atoms. The number of pyridine rings is 1. The van der Waals surface area contributed by atoms with Crippen LogP contribution in [0.15, 0.2) is 59.8 Å². The lowest BCUT2D eigenvalue weighted by Crippen LogP contribution is -2.39. The normalized spacial score (nSPS) is 15.2. The summed E-state index contributed by atoms with van der Waals surface area (Å²) >= 11 is 5.93. The van der Waals surface area contributed by atoms with Gasteiger partial charge in [0.1, 0.15) is 5.82 Å². The minimum absolute atomic E-state index is 0.149. The molecule has 0 fully saturated rings. The van der Waals surface area contributed by atoms with Gasteiger partial charge in [-0.3, -0.25) is 4.98 Å². The number of hydrogen-bond acceptors (Lipinski definition) is 2. The Bertz CT molecular complexity index is 986. The fourth-order valence-corrected chi connectivity index (χ4v) is 3.35. The lowest BCUT2D eigenvalue weighted by atomic mass is 9.80. The first-order chi connectivity index (χ1) is 14.9. The molecule has 2 nitrogen and oxygen atoms in total. The quantitative estimate of drug-likeness (QED) is 0.309. The predicted octanol–water partition coefficient (Wildman–Crippen LogP) is 7.21. The van der Waals surface area contributed by atoms with E-state index in [0.717, 1.165) is 29.7 Å². The molecular weight excluding hydrogens is 447 g/mol. The van der Waals surface area contributed by atoms with Crippen molar-refractivity contribution in [1.82, 2.24) is 4.98 Å². The molecule has 1 atom stereocenters. The summed E-state index contributed by atoms with van der Waals surface area (Å²) in [6.45, 7) is 5.83. The third-order valence-corrected chi connectivity index (χ3v) is 5.41. The van der Waals surface area contributed by atoms with Crippen molar-refractivity contribution in [2.24, 2.45) is 5.73 Å². The molecule has 0 aliphatic heterocycles. The molecule has 0 spiro atoms. The Morgan fingerprint density at radius 1 is 1.12 bits per heavy atom. The molecule has 0 aliphatic rings. The number of halogens is 6. The second kappa shape index (κ2) is 10.6. The highest BCUT2D eigenvalue weighted by Crippen LogP contribution is 2.35. The Morgan fingerprint density at radius 2 is 1.78 bits per heavy atom. The van der Waals surface area contributed by atoms with Crippen molar-refractivity contribution in [3.63, 3.8) is 0 Å². The SMILES string of the molecule is CC/C(C)=C\C=C(/C)C[C@](N)(c1cc(F)cc(CC(F)(F)C(F)F)c1)c1ccc(Cl)cn1. The number of allylic oxidation sites excluding steroid dienone is 3. The van der Waals surface area contributed by atoms with Gasteiger partial charge in [0, 0.05) is 12.6 Å². The van der Waals surface area contributed by atoms with Crippen LogP contribution < -0.4 is 5.73 Å². The van der Waals surface area contributed by atoms with Crippen molar-refractivity contribution in [2.45, 2.75) is 57.9 Å². The number of benzene rings is 1. The van der Waals surface area contributed by atoms with Crippen molar-refractivity contribution in [3.8, 4) is 0 Å². The molecular formula is C24H26ClF5N2. The van der Waals surface area contributed by atoms with Crippen molar-refractivity contribution >= 4 is 11.6 Å². The zero-order valence-corrected chi connectivity index (χ0v) is 18.9. The van der Waals surface area contributed by atoms with Crippen LogP contribution in [-0.2, 0) is 12.0 Å². The highest BCUT2D eigenvalue weighted by Gasteiger charge is 2.41. The highest BCUT2D eigenvalue weighted by molar-refractivity contribution is 6.30. The van der Waals surface area contributed by atoms with Gasteiger partial charge in [-0.15, -0.1) is 0 Å². The van der Waals surface area contributed by atoms with E-state index < -0.39 is 30.1 Å². The summed E-state index contributed by atoms with van der Waals surface area (Å²) in [6.07, 6.45) is 1.06. The van der Waals surface area contributed by atoms with Gasteiger partial charge in [-0.05, 0) is 62.1 Å². The molecule has 0 unspecified atom stereocenters. The Kier molecular flexibility index (Phi) is 8.60. The van der Waals surface area contributed by atoms with Gasteiger partial charge < -0.3 is 5.73 Å². The van der Waals surface area contributed by atoms with E-state index in [1.807, 2.05) is 32.9 Å². The van der Waals surface area contributed by atoms with Gasteiger partial charge in [0.05, 0.1) is 16.3 Å². The largest absolute Gasteiger partial charge is 0.316 e. The number of nitrogens with two attached hydrogens (primary N) is 1. The van der Waals surface area contributed by atoms with Crippen LogP contribution in [-0.4, -0.2) is 17.3 Å². The average Bonchev–Trinajstić information content (AvgIpc) is 2.71. The summed E-state index contributed by atoms with van der Waals surface area (Å²) in [5, 5.41) is 0.362. The standard InChI is InChI=1S/C24H26ClF5N2/c1-4-15(2)5-6-16(3)12-23(31,21-8-7-19(25)14-32-21)18-9-17(10-20(26)11-18)13-24(29,30)22(27)28/h5-11,14,22H,4,12-13,31H2,1-3H3/b15-5-,16-6+/t23-/m0/s1. The Balaban J connectivity index is 2.58.